The number of hydrogen-bond acceptors (Lipinski definition) is 3. The maximum Gasteiger partial charge on any atom is 0.230 e. The van der Waals surface area contributed by atoms with E-state index in [1.807, 2.05) is 25.1 Å². The highest BCUT2D eigenvalue weighted by Crippen LogP contribution is 2.35. The van der Waals surface area contributed by atoms with E-state index in [0.717, 1.165) is 12.0 Å². The van der Waals surface area contributed by atoms with Gasteiger partial charge in [0.05, 0.1) is 5.92 Å². The van der Waals surface area contributed by atoms with E-state index in [-0.39, 0.29) is 23.6 Å². The average Bonchev–Trinajstić information content (AvgIpc) is 2.38. The van der Waals surface area contributed by atoms with Crippen LogP contribution in [0.2, 0.25) is 0 Å². The Morgan fingerprint density at radius 2 is 2.26 bits per heavy atom. The molecule has 1 aliphatic rings. The highest BCUT2D eigenvalue weighted by molar-refractivity contribution is 5.88. The van der Waals surface area contributed by atoms with Gasteiger partial charge in [0.15, 0.2) is 0 Å². The van der Waals surface area contributed by atoms with Crippen LogP contribution in [-0.4, -0.2) is 35.4 Å². The van der Waals surface area contributed by atoms with Gasteiger partial charge < -0.3 is 15.8 Å². The molecule has 1 aromatic rings. The second-order valence-electron chi connectivity index (χ2n) is 5.10. The number of nitrogens with two attached hydrogens (primary N) is 1. The SMILES string of the molecule is CC(CN(C)C(=O)C1Cc2ccccc21)C(N)=NO. The number of oxime groups is 1. The molecule has 19 heavy (non-hydrogen) atoms. The third-order valence-electron chi connectivity index (χ3n) is 3.70. The summed E-state index contributed by atoms with van der Waals surface area (Å²) >= 11 is 0. The van der Waals surface area contributed by atoms with Crippen LogP contribution < -0.4 is 5.73 Å². The number of carbonyl (C=O) groups excluding carboxylic acids is 1. The monoisotopic (exact) mass is 261 g/mol. The Morgan fingerprint density at radius 1 is 1.58 bits per heavy atom. The van der Waals surface area contributed by atoms with Gasteiger partial charge in [-0.15, -0.1) is 0 Å². The first-order valence-electron chi connectivity index (χ1n) is 6.34. The number of hydrogen-bond donors (Lipinski definition) is 2. The van der Waals surface area contributed by atoms with Crippen LogP contribution in [0.15, 0.2) is 29.4 Å². The Hall–Kier alpha value is -2.04. The van der Waals surface area contributed by atoms with Gasteiger partial charge in [-0.2, -0.15) is 0 Å². The molecule has 102 valence electrons. The van der Waals surface area contributed by atoms with Crippen molar-refractivity contribution >= 4 is 11.7 Å². The largest absolute Gasteiger partial charge is 0.409 e. The van der Waals surface area contributed by atoms with E-state index in [2.05, 4.69) is 11.2 Å². The smallest absolute Gasteiger partial charge is 0.230 e. The maximum absolute atomic E-state index is 12.3. The molecule has 0 spiro atoms. The highest BCUT2D eigenvalue weighted by Gasteiger charge is 2.33. The fraction of sp³-hybridized carbons (Fsp3) is 0.429. The summed E-state index contributed by atoms with van der Waals surface area (Å²) in [7, 11) is 1.75. The lowest BCUT2D eigenvalue weighted by Gasteiger charge is -2.33. The first-order valence-corrected chi connectivity index (χ1v) is 6.34. The number of rotatable bonds is 4. The molecule has 0 aliphatic heterocycles. The second-order valence-corrected chi connectivity index (χ2v) is 5.10. The standard InChI is InChI=1S/C14H19N3O2/c1-9(13(15)16-19)8-17(2)14(18)12-7-10-5-3-4-6-11(10)12/h3-6,9,12,19H,7-8H2,1-2H3,(H2,15,16). The zero-order chi connectivity index (χ0) is 14.0. The molecule has 1 aliphatic carbocycles. The summed E-state index contributed by atoms with van der Waals surface area (Å²) in [6.45, 7) is 2.28. The fourth-order valence-electron chi connectivity index (χ4n) is 2.44. The molecule has 0 saturated carbocycles. The molecule has 3 N–H and O–H groups in total. The van der Waals surface area contributed by atoms with E-state index >= 15 is 0 Å². The highest BCUT2D eigenvalue weighted by atomic mass is 16.4. The lowest BCUT2D eigenvalue weighted by molar-refractivity contribution is -0.132. The van der Waals surface area contributed by atoms with Crippen LogP contribution in [0.3, 0.4) is 0 Å². The topological polar surface area (TPSA) is 78.9 Å². The van der Waals surface area contributed by atoms with E-state index in [9.17, 15) is 4.79 Å². The van der Waals surface area contributed by atoms with Gasteiger partial charge in [0.1, 0.15) is 5.84 Å². The molecular weight excluding hydrogens is 242 g/mol. The van der Waals surface area contributed by atoms with E-state index in [4.69, 9.17) is 10.9 Å². The molecule has 5 heteroatoms. The molecule has 0 fully saturated rings. The van der Waals surface area contributed by atoms with Gasteiger partial charge >= 0.3 is 0 Å². The Morgan fingerprint density at radius 3 is 2.89 bits per heavy atom. The van der Waals surface area contributed by atoms with E-state index in [1.54, 1.807) is 11.9 Å². The van der Waals surface area contributed by atoms with Crippen molar-refractivity contribution in [3.63, 3.8) is 0 Å². The molecule has 2 unspecified atom stereocenters. The normalized spacial score (nSPS) is 19.3. The third kappa shape index (κ3) is 2.54. The lowest BCUT2D eigenvalue weighted by atomic mass is 9.77. The molecule has 1 aromatic carbocycles. The molecule has 5 nitrogen and oxygen atoms in total. The van der Waals surface area contributed by atoms with E-state index in [0.29, 0.717) is 6.54 Å². The van der Waals surface area contributed by atoms with E-state index in [1.165, 1.54) is 5.56 Å². The summed E-state index contributed by atoms with van der Waals surface area (Å²) in [6.07, 6.45) is 0.803. The Balaban J connectivity index is 1.99. The molecule has 0 radical (unpaired) electrons. The van der Waals surface area contributed by atoms with Crippen LogP contribution in [0.25, 0.3) is 0 Å². The molecule has 2 atom stereocenters. The number of carbonyl (C=O) groups is 1. The Labute approximate surface area is 112 Å². The minimum absolute atomic E-state index is 0.0410. The van der Waals surface area contributed by atoms with Gasteiger partial charge in [-0.1, -0.05) is 36.3 Å². The molecular formula is C14H19N3O2. The summed E-state index contributed by atoms with van der Waals surface area (Å²) < 4.78 is 0. The third-order valence-corrected chi connectivity index (χ3v) is 3.70. The van der Waals surface area contributed by atoms with Crippen LogP contribution in [0.5, 0.6) is 0 Å². The first-order chi connectivity index (χ1) is 9.04. The number of nitrogens with zero attached hydrogens (tertiary/aromatic N) is 2. The zero-order valence-electron chi connectivity index (χ0n) is 11.2. The zero-order valence-corrected chi connectivity index (χ0v) is 11.2. The van der Waals surface area contributed by atoms with Crippen molar-refractivity contribution in [1.29, 1.82) is 0 Å². The number of benzene rings is 1. The molecule has 2 rings (SSSR count). The van der Waals surface area contributed by atoms with Crippen molar-refractivity contribution in [3.05, 3.63) is 35.4 Å². The second kappa shape index (κ2) is 5.30. The van der Waals surface area contributed by atoms with Crippen LogP contribution in [0.4, 0.5) is 0 Å². The van der Waals surface area contributed by atoms with Crippen molar-refractivity contribution < 1.29 is 10.0 Å². The summed E-state index contributed by atoms with van der Waals surface area (Å²) in [5.74, 6) is 0.0416. The molecule has 0 aromatic heterocycles. The van der Waals surface area contributed by atoms with Crippen LogP contribution >= 0.6 is 0 Å². The molecule has 0 saturated heterocycles. The molecule has 0 heterocycles. The summed E-state index contributed by atoms with van der Waals surface area (Å²) in [4.78, 5) is 14.0. The van der Waals surface area contributed by atoms with Crippen molar-refractivity contribution in [3.8, 4) is 0 Å². The van der Waals surface area contributed by atoms with Crippen molar-refractivity contribution in [1.82, 2.24) is 4.90 Å². The van der Waals surface area contributed by atoms with Crippen LogP contribution in [0, 0.1) is 5.92 Å². The van der Waals surface area contributed by atoms with E-state index < -0.39 is 0 Å². The first kappa shape index (κ1) is 13.4. The van der Waals surface area contributed by atoms with Crippen molar-refractivity contribution in [2.75, 3.05) is 13.6 Å². The van der Waals surface area contributed by atoms with Gasteiger partial charge in [0, 0.05) is 19.5 Å². The number of likely N-dealkylation sites (N-methyl/N-ethyl adjacent to an activating group) is 1. The lowest BCUT2D eigenvalue weighted by Crippen LogP contribution is -2.41. The van der Waals surface area contributed by atoms with Gasteiger partial charge in [-0.25, -0.2) is 0 Å². The Kier molecular flexibility index (Phi) is 3.74. The van der Waals surface area contributed by atoms with Crippen LogP contribution in [-0.2, 0) is 11.2 Å². The van der Waals surface area contributed by atoms with Crippen molar-refractivity contribution in [2.45, 2.75) is 19.3 Å². The van der Waals surface area contributed by atoms with Gasteiger partial charge in [-0.05, 0) is 17.5 Å². The summed E-state index contributed by atoms with van der Waals surface area (Å²) in [5, 5.41) is 11.6. The fourth-order valence-corrected chi connectivity index (χ4v) is 2.44. The number of amidine groups is 1. The minimum atomic E-state index is -0.158. The molecule has 1 amide bonds. The van der Waals surface area contributed by atoms with Crippen LogP contribution in [0.1, 0.15) is 24.0 Å². The molecule has 0 bridgehead atoms. The predicted molar refractivity (Wildman–Crippen MR) is 73.1 cm³/mol. The maximum atomic E-state index is 12.3. The average molecular weight is 261 g/mol. The van der Waals surface area contributed by atoms with Gasteiger partial charge in [0.2, 0.25) is 5.91 Å². The minimum Gasteiger partial charge on any atom is -0.409 e. The number of fused-ring (bicyclic) bond motifs is 1. The van der Waals surface area contributed by atoms with Crippen molar-refractivity contribution in [2.24, 2.45) is 16.8 Å². The van der Waals surface area contributed by atoms with Gasteiger partial charge in [-0.3, -0.25) is 4.79 Å². The predicted octanol–water partition coefficient (Wildman–Crippen LogP) is 1.17. The number of amides is 1. The summed E-state index contributed by atoms with van der Waals surface area (Å²) in [5.41, 5.74) is 7.90. The van der Waals surface area contributed by atoms with Gasteiger partial charge in [0.25, 0.3) is 0 Å². The quantitative estimate of drug-likeness (QED) is 0.369. The summed E-state index contributed by atoms with van der Waals surface area (Å²) in [6, 6.07) is 8.00. The Bertz CT molecular complexity index is 513.